The lowest BCUT2D eigenvalue weighted by Crippen LogP contribution is -2.36. The molecule has 0 aromatic heterocycles. The van der Waals surface area contributed by atoms with Crippen LogP contribution >= 0.6 is 0 Å². The molecule has 0 radical (unpaired) electrons. The Morgan fingerprint density at radius 1 is 1.32 bits per heavy atom. The van der Waals surface area contributed by atoms with E-state index in [1.165, 1.54) is 12.3 Å². The molecular formula is C13H15NO5. The quantitative estimate of drug-likeness (QED) is 0.758. The summed E-state index contributed by atoms with van der Waals surface area (Å²) in [7, 11) is 1.26. The lowest BCUT2D eigenvalue weighted by atomic mass is 9.96. The molecule has 3 atom stereocenters. The lowest BCUT2D eigenvalue weighted by Gasteiger charge is -2.24. The Kier molecular flexibility index (Phi) is 3.37. The zero-order valence-electron chi connectivity index (χ0n) is 10.5. The highest BCUT2D eigenvalue weighted by atomic mass is 17.0. The fraction of sp³-hybridized carbons (Fsp3) is 0.462. The van der Waals surface area contributed by atoms with Crippen LogP contribution in [0.5, 0.6) is 0 Å². The van der Waals surface area contributed by atoms with Crippen LogP contribution in [0.25, 0.3) is 0 Å². The van der Waals surface area contributed by atoms with Crippen molar-refractivity contribution < 1.29 is 23.9 Å². The minimum atomic E-state index is -0.792. The molecule has 2 aliphatic heterocycles. The van der Waals surface area contributed by atoms with Crippen molar-refractivity contribution in [2.24, 2.45) is 5.92 Å². The number of fused-ring (bicyclic) bond motifs is 1. The number of hydrogen-bond donors (Lipinski definition) is 0. The molecule has 2 aliphatic rings. The monoisotopic (exact) mass is 265 g/mol. The van der Waals surface area contributed by atoms with E-state index in [0.29, 0.717) is 13.2 Å². The number of ether oxygens (including phenoxy) is 2. The lowest BCUT2D eigenvalue weighted by molar-refractivity contribution is -0.337. The van der Waals surface area contributed by atoms with Crippen LogP contribution in [0.15, 0.2) is 30.3 Å². The van der Waals surface area contributed by atoms with E-state index >= 15 is 0 Å². The van der Waals surface area contributed by atoms with Crippen LogP contribution in [-0.2, 0) is 19.1 Å². The molecule has 102 valence electrons. The predicted octanol–water partition coefficient (Wildman–Crippen LogP) is 1.69. The van der Waals surface area contributed by atoms with E-state index in [0.717, 1.165) is 5.56 Å². The molecule has 2 heterocycles. The van der Waals surface area contributed by atoms with Gasteiger partial charge in [0.05, 0.1) is 20.3 Å². The number of hydroxylamine groups is 2. The summed E-state index contributed by atoms with van der Waals surface area (Å²) in [5.41, 5.74) is 1.04. The van der Waals surface area contributed by atoms with Gasteiger partial charge < -0.3 is 14.3 Å². The van der Waals surface area contributed by atoms with Crippen LogP contribution in [0.2, 0.25) is 0 Å². The van der Waals surface area contributed by atoms with Crippen molar-refractivity contribution in [3.8, 4) is 0 Å². The van der Waals surface area contributed by atoms with Crippen molar-refractivity contribution in [2.45, 2.75) is 12.1 Å². The van der Waals surface area contributed by atoms with Gasteiger partial charge >= 0.3 is 6.16 Å². The number of carbonyl (C=O) groups excluding carboxylic acids is 1. The first kappa shape index (κ1) is 12.4. The highest BCUT2D eigenvalue weighted by Crippen LogP contribution is 2.40. The smallest absolute Gasteiger partial charge is 0.436 e. The number of rotatable bonds is 2. The van der Waals surface area contributed by atoms with Gasteiger partial charge in [-0.1, -0.05) is 30.3 Å². The van der Waals surface area contributed by atoms with Crippen molar-refractivity contribution >= 4 is 6.16 Å². The average molecular weight is 265 g/mol. The minimum Gasteiger partial charge on any atom is -0.436 e. The largest absolute Gasteiger partial charge is 0.529 e. The van der Waals surface area contributed by atoms with E-state index < -0.39 is 6.16 Å². The second kappa shape index (κ2) is 5.16. The van der Waals surface area contributed by atoms with E-state index in [2.05, 4.69) is 4.74 Å². The molecule has 2 fully saturated rings. The molecule has 0 unspecified atom stereocenters. The van der Waals surface area contributed by atoms with Gasteiger partial charge in [0.1, 0.15) is 12.1 Å². The van der Waals surface area contributed by atoms with Crippen molar-refractivity contribution in [3.63, 3.8) is 0 Å². The van der Waals surface area contributed by atoms with Gasteiger partial charge in [0.25, 0.3) is 0 Å². The third kappa shape index (κ3) is 2.30. The molecule has 2 saturated heterocycles. The summed E-state index contributed by atoms with van der Waals surface area (Å²) in [6.45, 7) is 1.07. The first-order chi connectivity index (χ1) is 9.29. The van der Waals surface area contributed by atoms with Gasteiger partial charge in [0, 0.05) is 5.92 Å². The van der Waals surface area contributed by atoms with Crippen molar-refractivity contribution in [3.05, 3.63) is 35.9 Å². The zero-order valence-corrected chi connectivity index (χ0v) is 10.5. The van der Waals surface area contributed by atoms with Crippen molar-refractivity contribution in [2.75, 3.05) is 20.3 Å². The number of methoxy groups -OCH3 is 1. The number of carbonyl (C=O) groups is 1. The molecule has 0 saturated carbocycles. The Hall–Kier alpha value is -1.63. The topological polar surface area (TPSA) is 57.2 Å². The van der Waals surface area contributed by atoms with Gasteiger partial charge in [-0.15, -0.1) is 0 Å². The molecule has 0 amide bonds. The summed E-state index contributed by atoms with van der Waals surface area (Å²) in [5.74, 6) is 0.190. The molecule has 0 spiro atoms. The maximum atomic E-state index is 11.2. The Morgan fingerprint density at radius 2 is 2.11 bits per heavy atom. The summed E-state index contributed by atoms with van der Waals surface area (Å²) >= 11 is 0. The van der Waals surface area contributed by atoms with Crippen LogP contribution in [-0.4, -0.2) is 37.7 Å². The van der Waals surface area contributed by atoms with Gasteiger partial charge in [-0.2, -0.15) is 0 Å². The van der Waals surface area contributed by atoms with E-state index in [1.807, 2.05) is 30.3 Å². The number of nitrogens with zero attached hydrogens (tertiary/aromatic N) is 1. The Labute approximate surface area is 110 Å². The molecule has 3 rings (SSSR count). The zero-order chi connectivity index (χ0) is 13.2. The van der Waals surface area contributed by atoms with E-state index in [1.54, 1.807) is 0 Å². The first-order valence-electron chi connectivity index (χ1n) is 6.14. The van der Waals surface area contributed by atoms with E-state index in [-0.39, 0.29) is 18.1 Å². The van der Waals surface area contributed by atoms with Gasteiger partial charge in [0.2, 0.25) is 0 Å². The maximum absolute atomic E-state index is 11.2. The molecule has 19 heavy (non-hydrogen) atoms. The fourth-order valence-corrected chi connectivity index (χ4v) is 2.49. The van der Waals surface area contributed by atoms with Crippen molar-refractivity contribution in [1.29, 1.82) is 0 Å². The second-order valence-electron chi connectivity index (χ2n) is 4.54. The fourth-order valence-electron chi connectivity index (χ4n) is 2.49. The van der Waals surface area contributed by atoms with Crippen molar-refractivity contribution in [1.82, 2.24) is 5.23 Å². The number of hydrogen-bond acceptors (Lipinski definition) is 6. The van der Waals surface area contributed by atoms with Gasteiger partial charge in [-0.05, 0) is 10.8 Å². The van der Waals surface area contributed by atoms with Gasteiger partial charge in [-0.25, -0.2) is 4.79 Å². The Balaban J connectivity index is 1.78. The average Bonchev–Trinajstić information content (AvgIpc) is 3.03. The molecule has 0 N–H and O–H groups in total. The minimum absolute atomic E-state index is 0.138. The third-order valence-electron chi connectivity index (χ3n) is 3.40. The molecule has 6 nitrogen and oxygen atoms in total. The summed E-state index contributed by atoms with van der Waals surface area (Å²) in [5, 5.41) is 1.21. The molecule has 0 bridgehead atoms. The summed E-state index contributed by atoms with van der Waals surface area (Å²) in [6.07, 6.45) is -0.960. The van der Waals surface area contributed by atoms with Crippen LogP contribution in [0.4, 0.5) is 4.79 Å². The molecule has 1 aromatic rings. The van der Waals surface area contributed by atoms with E-state index in [9.17, 15) is 4.79 Å². The summed E-state index contributed by atoms with van der Waals surface area (Å²) < 4.78 is 10.3. The summed E-state index contributed by atoms with van der Waals surface area (Å²) in [4.78, 5) is 21.6. The van der Waals surface area contributed by atoms with Crippen LogP contribution in [0.3, 0.4) is 0 Å². The predicted molar refractivity (Wildman–Crippen MR) is 63.7 cm³/mol. The van der Waals surface area contributed by atoms with Crippen LogP contribution in [0.1, 0.15) is 11.7 Å². The Bertz CT molecular complexity index is 452. The molecular weight excluding hydrogens is 250 g/mol. The standard InChI is InChI=1S/C13H15NO5/c1-16-13(15)19-14-11-10(8-18-14)7-17-12(11)9-5-3-2-4-6-9/h2-6,10-12H,7-8H2,1H3/t10-,11+,12-/m0/s1. The van der Waals surface area contributed by atoms with Crippen LogP contribution in [0, 0.1) is 5.92 Å². The SMILES string of the molecule is COC(=O)ON1OC[C@@H]2CO[C@@H](c3ccccc3)[C@@H]21. The Morgan fingerprint density at radius 3 is 2.84 bits per heavy atom. The van der Waals surface area contributed by atoms with E-state index in [4.69, 9.17) is 14.4 Å². The second-order valence-corrected chi connectivity index (χ2v) is 4.54. The first-order valence-corrected chi connectivity index (χ1v) is 6.14. The van der Waals surface area contributed by atoms with Crippen LogP contribution < -0.4 is 0 Å². The molecule has 1 aromatic carbocycles. The maximum Gasteiger partial charge on any atom is 0.529 e. The third-order valence-corrected chi connectivity index (χ3v) is 3.40. The highest BCUT2D eigenvalue weighted by Gasteiger charge is 2.49. The van der Waals surface area contributed by atoms with Gasteiger partial charge in [-0.3, -0.25) is 4.84 Å². The molecule has 6 heteroatoms. The molecule has 0 aliphatic carbocycles. The number of benzene rings is 1. The van der Waals surface area contributed by atoms with Gasteiger partial charge in [0.15, 0.2) is 0 Å². The summed E-state index contributed by atoms with van der Waals surface area (Å²) in [6, 6.07) is 9.69. The normalized spacial score (nSPS) is 30.1. The highest BCUT2D eigenvalue weighted by molar-refractivity contribution is 5.59.